The molecule has 1 unspecified atom stereocenters. The second-order valence-corrected chi connectivity index (χ2v) is 8.38. The van der Waals surface area contributed by atoms with Crippen LogP contribution < -0.4 is 15.0 Å². The van der Waals surface area contributed by atoms with Gasteiger partial charge in [-0.2, -0.15) is 5.10 Å². The van der Waals surface area contributed by atoms with E-state index in [1.54, 1.807) is 4.90 Å². The number of carbonyl (C=O) groups excluding carboxylic acids is 2. The molecular formula is C26H30N4O3. The predicted molar refractivity (Wildman–Crippen MR) is 128 cm³/mol. The molecule has 2 aromatic carbocycles. The Hall–Kier alpha value is -3.61. The summed E-state index contributed by atoms with van der Waals surface area (Å²) in [5.41, 5.74) is 5.04. The first-order valence-corrected chi connectivity index (χ1v) is 11.4. The third kappa shape index (κ3) is 5.25. The lowest BCUT2D eigenvalue weighted by Gasteiger charge is -2.17. The van der Waals surface area contributed by atoms with Crippen molar-refractivity contribution in [1.82, 2.24) is 15.1 Å². The molecule has 172 valence electrons. The zero-order valence-corrected chi connectivity index (χ0v) is 19.4. The number of ether oxygens (including phenoxy) is 1. The molecule has 0 spiro atoms. The molecule has 0 aliphatic carbocycles. The van der Waals surface area contributed by atoms with Crippen molar-refractivity contribution in [2.45, 2.75) is 33.6 Å². The van der Waals surface area contributed by atoms with Gasteiger partial charge in [0.1, 0.15) is 5.75 Å². The molecule has 0 radical (unpaired) electrons. The summed E-state index contributed by atoms with van der Waals surface area (Å²) in [6.45, 7) is 7.48. The number of aryl methyl sites for hydroxylation is 2. The van der Waals surface area contributed by atoms with Gasteiger partial charge in [-0.3, -0.25) is 9.59 Å². The normalized spacial score (nSPS) is 15.7. The van der Waals surface area contributed by atoms with E-state index in [1.807, 2.05) is 67.9 Å². The molecule has 1 N–H and O–H groups in total. The minimum Gasteiger partial charge on any atom is -0.494 e. The fourth-order valence-electron chi connectivity index (χ4n) is 4.19. The van der Waals surface area contributed by atoms with Gasteiger partial charge < -0.3 is 15.0 Å². The van der Waals surface area contributed by atoms with Gasteiger partial charge in [-0.1, -0.05) is 12.1 Å². The van der Waals surface area contributed by atoms with Gasteiger partial charge in [-0.05, 0) is 75.2 Å². The van der Waals surface area contributed by atoms with Crippen LogP contribution in [0.2, 0.25) is 0 Å². The monoisotopic (exact) mass is 446 g/mol. The van der Waals surface area contributed by atoms with E-state index >= 15 is 0 Å². The molecule has 2 heterocycles. The van der Waals surface area contributed by atoms with Gasteiger partial charge in [-0.15, -0.1) is 0 Å². The van der Waals surface area contributed by atoms with Gasteiger partial charge >= 0.3 is 0 Å². The van der Waals surface area contributed by atoms with Gasteiger partial charge in [0, 0.05) is 30.9 Å². The number of amides is 2. The summed E-state index contributed by atoms with van der Waals surface area (Å²) in [5.74, 6) is 0.331. The smallest absolute Gasteiger partial charge is 0.227 e. The summed E-state index contributed by atoms with van der Waals surface area (Å²) in [4.78, 5) is 26.8. The first-order chi connectivity index (χ1) is 15.9. The molecule has 3 aromatic rings. The van der Waals surface area contributed by atoms with E-state index in [-0.39, 0.29) is 24.2 Å². The van der Waals surface area contributed by atoms with Crippen LogP contribution in [-0.2, 0) is 16.0 Å². The first-order valence-electron chi connectivity index (χ1n) is 11.4. The van der Waals surface area contributed by atoms with Crippen molar-refractivity contribution in [1.29, 1.82) is 0 Å². The lowest BCUT2D eigenvalue weighted by atomic mass is 10.1. The van der Waals surface area contributed by atoms with E-state index in [0.29, 0.717) is 19.7 Å². The van der Waals surface area contributed by atoms with Crippen molar-refractivity contribution >= 4 is 17.5 Å². The van der Waals surface area contributed by atoms with Crippen molar-refractivity contribution in [2.24, 2.45) is 5.92 Å². The average molecular weight is 447 g/mol. The molecule has 1 aliphatic heterocycles. The van der Waals surface area contributed by atoms with Crippen LogP contribution in [0.5, 0.6) is 5.75 Å². The molecule has 1 atom stereocenters. The quantitative estimate of drug-likeness (QED) is 0.574. The highest BCUT2D eigenvalue weighted by Crippen LogP contribution is 2.27. The van der Waals surface area contributed by atoms with E-state index < -0.39 is 0 Å². The molecule has 7 nitrogen and oxygen atoms in total. The molecule has 0 saturated carbocycles. The summed E-state index contributed by atoms with van der Waals surface area (Å²) in [6, 6.07) is 17.7. The maximum absolute atomic E-state index is 12.7. The van der Waals surface area contributed by atoms with E-state index in [4.69, 9.17) is 4.74 Å². The van der Waals surface area contributed by atoms with Crippen LogP contribution in [0.1, 0.15) is 30.3 Å². The second-order valence-electron chi connectivity index (χ2n) is 8.38. The highest BCUT2D eigenvalue weighted by molar-refractivity contribution is 6.00. The largest absolute Gasteiger partial charge is 0.494 e. The number of carbonyl (C=O) groups is 2. The van der Waals surface area contributed by atoms with E-state index in [2.05, 4.69) is 22.5 Å². The SMILES string of the molecule is CCOc1ccc(N2CC(C(=O)NCCc3ccc(-n4nc(C)cc4C)cc3)CC2=O)cc1. The van der Waals surface area contributed by atoms with Crippen LogP contribution in [-0.4, -0.2) is 41.3 Å². The second kappa shape index (κ2) is 9.90. The van der Waals surface area contributed by atoms with E-state index in [0.717, 1.165) is 40.5 Å². The lowest BCUT2D eigenvalue weighted by Crippen LogP contribution is -2.34. The molecule has 7 heteroatoms. The Balaban J connectivity index is 1.27. The van der Waals surface area contributed by atoms with Gasteiger partial charge in [0.25, 0.3) is 0 Å². The summed E-state index contributed by atoms with van der Waals surface area (Å²) in [5, 5.41) is 7.50. The maximum atomic E-state index is 12.7. The Labute approximate surface area is 194 Å². The first kappa shape index (κ1) is 22.6. The number of hydrogen-bond acceptors (Lipinski definition) is 4. The van der Waals surface area contributed by atoms with E-state index in [1.165, 1.54) is 0 Å². The minimum absolute atomic E-state index is 0.0287. The standard InChI is InChI=1S/C26H30N4O3/c1-4-33-24-11-9-22(10-12-24)29-17-21(16-25(29)31)26(32)27-14-13-20-5-7-23(8-6-20)30-19(3)15-18(2)28-30/h5-12,15,21H,4,13-14,16-17H2,1-3H3,(H,27,32). The van der Waals surface area contributed by atoms with Crippen molar-refractivity contribution in [3.8, 4) is 11.4 Å². The molecule has 2 amide bonds. The molecule has 1 saturated heterocycles. The number of nitrogens with zero attached hydrogens (tertiary/aromatic N) is 3. The molecule has 4 rings (SSSR count). The molecule has 33 heavy (non-hydrogen) atoms. The Kier molecular flexibility index (Phi) is 6.77. The third-order valence-electron chi connectivity index (χ3n) is 5.86. The zero-order chi connectivity index (χ0) is 23.4. The number of rotatable bonds is 8. The number of nitrogens with one attached hydrogen (secondary N) is 1. The Morgan fingerprint density at radius 1 is 1.09 bits per heavy atom. The summed E-state index contributed by atoms with van der Waals surface area (Å²) in [7, 11) is 0. The van der Waals surface area contributed by atoms with Gasteiger partial charge in [-0.25, -0.2) is 4.68 Å². The van der Waals surface area contributed by atoms with Crippen molar-refractivity contribution in [2.75, 3.05) is 24.6 Å². The predicted octanol–water partition coefficient (Wildman–Crippen LogP) is 3.60. The summed E-state index contributed by atoms with van der Waals surface area (Å²) < 4.78 is 7.38. The summed E-state index contributed by atoms with van der Waals surface area (Å²) >= 11 is 0. The third-order valence-corrected chi connectivity index (χ3v) is 5.86. The lowest BCUT2D eigenvalue weighted by molar-refractivity contribution is -0.126. The van der Waals surface area contributed by atoms with Gasteiger partial charge in [0.15, 0.2) is 0 Å². The average Bonchev–Trinajstić information content (AvgIpc) is 3.36. The molecule has 1 aromatic heterocycles. The molecule has 1 fully saturated rings. The van der Waals surface area contributed by atoms with Crippen LogP contribution in [0, 0.1) is 19.8 Å². The fourth-order valence-corrected chi connectivity index (χ4v) is 4.19. The molecule has 0 bridgehead atoms. The number of hydrogen-bond donors (Lipinski definition) is 1. The van der Waals surface area contributed by atoms with Crippen molar-refractivity contribution < 1.29 is 14.3 Å². The zero-order valence-electron chi connectivity index (χ0n) is 19.4. The number of anilines is 1. The highest BCUT2D eigenvalue weighted by atomic mass is 16.5. The van der Waals surface area contributed by atoms with Crippen molar-refractivity contribution in [3.05, 3.63) is 71.5 Å². The summed E-state index contributed by atoms with van der Waals surface area (Å²) in [6.07, 6.45) is 0.961. The molecular weight excluding hydrogens is 416 g/mol. The van der Waals surface area contributed by atoms with Crippen LogP contribution in [0.25, 0.3) is 5.69 Å². The van der Waals surface area contributed by atoms with Crippen LogP contribution in [0.15, 0.2) is 54.6 Å². The van der Waals surface area contributed by atoms with Crippen LogP contribution in [0.3, 0.4) is 0 Å². The van der Waals surface area contributed by atoms with Gasteiger partial charge in [0.05, 0.1) is 23.9 Å². The van der Waals surface area contributed by atoms with Crippen LogP contribution in [0.4, 0.5) is 5.69 Å². The van der Waals surface area contributed by atoms with Gasteiger partial charge in [0.2, 0.25) is 11.8 Å². The topological polar surface area (TPSA) is 76.5 Å². The molecule has 1 aliphatic rings. The van der Waals surface area contributed by atoms with Crippen molar-refractivity contribution in [3.63, 3.8) is 0 Å². The fraction of sp³-hybridized carbons (Fsp3) is 0.346. The number of aromatic nitrogens is 2. The Bertz CT molecular complexity index is 1120. The van der Waals surface area contributed by atoms with E-state index in [9.17, 15) is 9.59 Å². The maximum Gasteiger partial charge on any atom is 0.227 e. The highest BCUT2D eigenvalue weighted by Gasteiger charge is 2.34. The Morgan fingerprint density at radius 2 is 1.79 bits per heavy atom. The minimum atomic E-state index is -0.336. The van der Waals surface area contributed by atoms with Crippen LogP contribution >= 0.6 is 0 Å². The Morgan fingerprint density at radius 3 is 2.42 bits per heavy atom. The number of benzene rings is 2.